The number of nitrogens with one attached hydrogen (secondary N) is 1. The molecule has 9 nitrogen and oxygen atoms in total. The lowest BCUT2D eigenvalue weighted by atomic mass is 10.2. The highest BCUT2D eigenvalue weighted by atomic mass is 16.6. The summed E-state index contributed by atoms with van der Waals surface area (Å²) in [5, 5.41) is 13.5. The number of rotatable bonds is 8. The molecule has 0 radical (unpaired) electrons. The Morgan fingerprint density at radius 3 is 2.22 bits per heavy atom. The molecule has 0 saturated carbocycles. The minimum absolute atomic E-state index is 0.0615. The second kappa shape index (κ2) is 10.1. The van der Waals surface area contributed by atoms with E-state index in [1.165, 1.54) is 42.5 Å². The second-order valence-electron chi connectivity index (χ2n) is 6.68. The fourth-order valence-electron chi connectivity index (χ4n) is 2.76. The molecule has 0 unspecified atom stereocenters. The molecule has 0 aliphatic heterocycles. The number of nitro groups is 1. The van der Waals surface area contributed by atoms with Crippen LogP contribution in [0.15, 0.2) is 66.7 Å². The van der Waals surface area contributed by atoms with Gasteiger partial charge in [-0.05, 0) is 67.1 Å². The van der Waals surface area contributed by atoms with Gasteiger partial charge in [0, 0.05) is 23.4 Å². The van der Waals surface area contributed by atoms with Crippen molar-refractivity contribution in [2.24, 2.45) is 0 Å². The molecule has 3 aromatic rings. The third-order valence-corrected chi connectivity index (χ3v) is 4.41. The number of esters is 1. The monoisotopic (exact) mass is 436 g/mol. The molecule has 0 aromatic heterocycles. The van der Waals surface area contributed by atoms with E-state index in [-0.39, 0.29) is 24.0 Å². The Morgan fingerprint density at radius 2 is 1.62 bits per heavy atom. The van der Waals surface area contributed by atoms with Crippen molar-refractivity contribution in [3.63, 3.8) is 0 Å². The number of hydrogen-bond donors (Lipinski definition) is 1. The fraction of sp³-hybridized carbons (Fsp3) is 0.130. The van der Waals surface area contributed by atoms with Crippen LogP contribution in [-0.2, 0) is 4.79 Å². The number of anilines is 1. The maximum Gasteiger partial charge on any atom is 0.349 e. The van der Waals surface area contributed by atoms with Gasteiger partial charge in [-0.25, -0.2) is 4.79 Å². The zero-order chi connectivity index (χ0) is 23.1. The normalized spacial score (nSPS) is 10.2. The minimum Gasteiger partial charge on any atom is -0.497 e. The number of methoxy groups -OCH3 is 1. The van der Waals surface area contributed by atoms with Gasteiger partial charge in [-0.1, -0.05) is 0 Å². The molecule has 9 heteroatoms. The van der Waals surface area contributed by atoms with Crippen LogP contribution in [0, 0.1) is 17.0 Å². The first-order valence-corrected chi connectivity index (χ1v) is 9.49. The van der Waals surface area contributed by atoms with Gasteiger partial charge in [-0.2, -0.15) is 0 Å². The van der Waals surface area contributed by atoms with Gasteiger partial charge in [0.15, 0.2) is 6.61 Å². The van der Waals surface area contributed by atoms with Gasteiger partial charge in [0.25, 0.3) is 11.6 Å². The van der Waals surface area contributed by atoms with Crippen LogP contribution in [0.5, 0.6) is 17.2 Å². The molecule has 3 aromatic carbocycles. The van der Waals surface area contributed by atoms with Crippen LogP contribution >= 0.6 is 0 Å². The number of nitro benzene ring substituents is 1. The van der Waals surface area contributed by atoms with Crippen molar-refractivity contribution in [3.05, 3.63) is 88.0 Å². The van der Waals surface area contributed by atoms with Crippen LogP contribution in [0.25, 0.3) is 0 Å². The Labute approximate surface area is 183 Å². The smallest absolute Gasteiger partial charge is 0.349 e. The van der Waals surface area contributed by atoms with Gasteiger partial charge < -0.3 is 19.5 Å². The number of benzene rings is 3. The zero-order valence-corrected chi connectivity index (χ0v) is 17.4. The van der Waals surface area contributed by atoms with E-state index in [0.717, 1.165) is 0 Å². The highest BCUT2D eigenvalue weighted by Gasteiger charge is 2.12. The van der Waals surface area contributed by atoms with Crippen molar-refractivity contribution in [2.75, 3.05) is 19.0 Å². The molecule has 164 valence electrons. The lowest BCUT2D eigenvalue weighted by Crippen LogP contribution is -2.18. The molecule has 32 heavy (non-hydrogen) atoms. The van der Waals surface area contributed by atoms with Gasteiger partial charge >= 0.3 is 5.97 Å². The first-order chi connectivity index (χ1) is 15.4. The first kappa shape index (κ1) is 22.3. The number of nitrogens with zero attached hydrogens (tertiary/aromatic N) is 1. The molecule has 0 bridgehead atoms. The zero-order valence-electron chi connectivity index (χ0n) is 17.4. The number of non-ortho nitro benzene ring substituents is 1. The Bertz CT molecular complexity index is 1130. The molecule has 1 amide bonds. The molecule has 0 saturated heterocycles. The maximum atomic E-state index is 12.3. The minimum atomic E-state index is -0.654. The summed E-state index contributed by atoms with van der Waals surface area (Å²) in [5.74, 6) is 0.309. The van der Waals surface area contributed by atoms with E-state index in [2.05, 4.69) is 5.32 Å². The van der Waals surface area contributed by atoms with E-state index in [9.17, 15) is 19.7 Å². The summed E-state index contributed by atoms with van der Waals surface area (Å²) >= 11 is 0. The number of amides is 1. The van der Waals surface area contributed by atoms with E-state index < -0.39 is 10.9 Å². The highest BCUT2D eigenvalue weighted by molar-refractivity contribution is 6.04. The van der Waals surface area contributed by atoms with E-state index in [4.69, 9.17) is 14.2 Å². The van der Waals surface area contributed by atoms with Crippen LogP contribution in [0.1, 0.15) is 15.9 Å². The summed E-state index contributed by atoms with van der Waals surface area (Å²) in [4.78, 5) is 34.7. The van der Waals surface area contributed by atoms with Crippen molar-refractivity contribution < 1.29 is 28.7 Å². The van der Waals surface area contributed by atoms with Crippen LogP contribution in [0.2, 0.25) is 0 Å². The molecule has 1 N–H and O–H groups in total. The van der Waals surface area contributed by atoms with Crippen LogP contribution in [-0.4, -0.2) is 30.5 Å². The molecule has 0 fully saturated rings. The predicted molar refractivity (Wildman–Crippen MR) is 116 cm³/mol. The van der Waals surface area contributed by atoms with Gasteiger partial charge in [-0.3, -0.25) is 14.9 Å². The average Bonchev–Trinajstić information content (AvgIpc) is 2.79. The Balaban J connectivity index is 1.52. The largest absolute Gasteiger partial charge is 0.497 e. The highest BCUT2D eigenvalue weighted by Crippen LogP contribution is 2.23. The molecule has 0 aliphatic rings. The molecule has 0 heterocycles. The van der Waals surface area contributed by atoms with Crippen molar-refractivity contribution in [3.8, 4) is 17.2 Å². The van der Waals surface area contributed by atoms with Gasteiger partial charge in [0.05, 0.1) is 12.0 Å². The third-order valence-electron chi connectivity index (χ3n) is 4.41. The molecular formula is C23H20N2O7. The summed E-state index contributed by atoms with van der Waals surface area (Å²) in [6.07, 6.45) is 0. The molecule has 0 aliphatic carbocycles. The Hall–Kier alpha value is -4.40. The van der Waals surface area contributed by atoms with Crippen molar-refractivity contribution >= 4 is 23.3 Å². The summed E-state index contributed by atoms with van der Waals surface area (Å²) < 4.78 is 15.7. The first-order valence-electron chi connectivity index (χ1n) is 9.49. The van der Waals surface area contributed by atoms with Crippen LogP contribution in [0.3, 0.4) is 0 Å². The number of hydrogen-bond acceptors (Lipinski definition) is 7. The summed E-state index contributed by atoms with van der Waals surface area (Å²) in [7, 11) is 1.56. The predicted octanol–water partition coefficient (Wildman–Crippen LogP) is 4.15. The molecule has 3 rings (SSSR count). The average molecular weight is 436 g/mol. The van der Waals surface area contributed by atoms with Gasteiger partial charge in [-0.15, -0.1) is 0 Å². The standard InChI is InChI=1S/C23H20N2O7/c1-15-13-18(25(28)29)7-12-21(15)31-14-22(26)32-20-8-3-16(4-9-20)23(27)24-17-5-10-19(30-2)11-6-17/h3-13H,14H2,1-2H3,(H,24,27). The molecule has 0 spiro atoms. The van der Waals surface area contributed by atoms with Crippen molar-refractivity contribution in [2.45, 2.75) is 6.92 Å². The van der Waals surface area contributed by atoms with Gasteiger partial charge in [0.2, 0.25) is 0 Å². The number of carbonyl (C=O) groups excluding carboxylic acids is 2. The maximum absolute atomic E-state index is 12.3. The third kappa shape index (κ3) is 5.82. The summed E-state index contributed by atoms with van der Waals surface area (Å²) in [6, 6.07) is 17.0. The molecule has 0 atom stereocenters. The quantitative estimate of drug-likeness (QED) is 0.244. The van der Waals surface area contributed by atoms with E-state index >= 15 is 0 Å². The fourth-order valence-corrected chi connectivity index (χ4v) is 2.76. The second-order valence-corrected chi connectivity index (χ2v) is 6.68. The van der Waals surface area contributed by atoms with Crippen molar-refractivity contribution in [1.82, 2.24) is 0 Å². The van der Waals surface area contributed by atoms with E-state index in [0.29, 0.717) is 28.3 Å². The number of aryl methyl sites for hydroxylation is 1. The van der Waals surface area contributed by atoms with E-state index in [1.807, 2.05) is 0 Å². The summed E-state index contributed by atoms with van der Waals surface area (Å²) in [6.45, 7) is 1.27. The number of ether oxygens (including phenoxy) is 3. The van der Waals surface area contributed by atoms with Crippen LogP contribution < -0.4 is 19.5 Å². The van der Waals surface area contributed by atoms with Crippen molar-refractivity contribution in [1.29, 1.82) is 0 Å². The summed E-state index contributed by atoms with van der Waals surface area (Å²) in [5.41, 5.74) is 1.47. The number of carbonyl (C=O) groups is 2. The Kier molecular flexibility index (Phi) is 7.02. The molecular weight excluding hydrogens is 416 g/mol. The van der Waals surface area contributed by atoms with Gasteiger partial charge in [0.1, 0.15) is 17.2 Å². The Morgan fingerprint density at radius 1 is 0.969 bits per heavy atom. The van der Waals surface area contributed by atoms with Crippen LogP contribution in [0.4, 0.5) is 11.4 Å². The van der Waals surface area contributed by atoms with E-state index in [1.54, 1.807) is 38.3 Å². The SMILES string of the molecule is COc1ccc(NC(=O)c2ccc(OC(=O)COc3ccc([N+](=O)[O-])cc3C)cc2)cc1. The lowest BCUT2D eigenvalue weighted by molar-refractivity contribution is -0.384. The lowest BCUT2D eigenvalue weighted by Gasteiger charge is -2.09. The topological polar surface area (TPSA) is 117 Å².